The molecule has 1 saturated heterocycles. The molecule has 2 heterocycles. The van der Waals surface area contributed by atoms with Crippen LogP contribution in [0.5, 0.6) is 0 Å². The Hall–Kier alpha value is -0.550. The Morgan fingerprint density at radius 1 is 1.35 bits per heavy atom. The van der Waals surface area contributed by atoms with Gasteiger partial charge in [0.15, 0.2) is 0 Å². The zero-order valence-electron chi connectivity index (χ0n) is 9.03. The Balaban J connectivity index is 1.90. The van der Waals surface area contributed by atoms with E-state index in [0.29, 0.717) is 12.0 Å². The van der Waals surface area contributed by atoms with Crippen LogP contribution in [0.1, 0.15) is 12.0 Å². The lowest BCUT2D eigenvalue weighted by Crippen LogP contribution is -2.36. The maximum atomic E-state index is 6.32. The molecule has 2 unspecified atom stereocenters. The molecule has 4 heteroatoms. The van der Waals surface area contributed by atoms with Crippen LogP contribution in [0.25, 0.3) is 0 Å². The van der Waals surface area contributed by atoms with Gasteiger partial charge in [0.2, 0.25) is 0 Å². The third-order valence-electron chi connectivity index (χ3n) is 3.79. The topological polar surface area (TPSA) is 15.6 Å². The van der Waals surface area contributed by atoms with Gasteiger partial charge in [0.25, 0.3) is 0 Å². The summed E-state index contributed by atoms with van der Waals surface area (Å²) in [5, 5.41) is 0.849. The summed E-state index contributed by atoms with van der Waals surface area (Å²) >= 11 is 8.61. The van der Waals surface area contributed by atoms with Gasteiger partial charge in [-0.25, -0.2) is 4.99 Å². The second kappa shape index (κ2) is 3.48. The van der Waals surface area contributed by atoms with Crippen LogP contribution in [0.3, 0.4) is 0 Å². The lowest BCUT2D eigenvalue weighted by atomic mass is 10.1. The zero-order chi connectivity index (χ0) is 11.6. The molecule has 0 radical (unpaired) electrons. The van der Waals surface area contributed by atoms with Crippen LogP contribution < -0.4 is 0 Å². The molecule has 0 amide bonds. The Labute approximate surface area is 118 Å². The molecular weight excluding hydrogens is 347 g/mol. The summed E-state index contributed by atoms with van der Waals surface area (Å²) in [4.78, 5) is 7.21. The SMILES string of the molecule is Clc1cc(I)cc2c1CN1C(=N2)C2C=CC1C2. The minimum atomic E-state index is 0.532. The number of hydrogen-bond donors (Lipinski definition) is 0. The highest BCUT2D eigenvalue weighted by Gasteiger charge is 2.41. The monoisotopic (exact) mass is 356 g/mol. The van der Waals surface area contributed by atoms with E-state index in [1.165, 1.54) is 17.8 Å². The highest BCUT2D eigenvalue weighted by molar-refractivity contribution is 14.1. The van der Waals surface area contributed by atoms with Crippen molar-refractivity contribution >= 4 is 45.7 Å². The van der Waals surface area contributed by atoms with Gasteiger partial charge in [-0.2, -0.15) is 0 Å². The maximum absolute atomic E-state index is 6.32. The first-order valence-electron chi connectivity index (χ1n) is 5.74. The summed E-state index contributed by atoms with van der Waals surface area (Å²) < 4.78 is 1.16. The van der Waals surface area contributed by atoms with Crippen LogP contribution in [-0.2, 0) is 6.54 Å². The van der Waals surface area contributed by atoms with Crippen LogP contribution in [-0.4, -0.2) is 16.8 Å². The molecule has 0 spiro atoms. The normalized spacial score (nSPS) is 28.1. The molecule has 4 rings (SSSR count). The molecule has 3 aliphatic rings. The minimum absolute atomic E-state index is 0.532. The van der Waals surface area contributed by atoms with E-state index in [4.69, 9.17) is 16.6 Å². The Morgan fingerprint density at radius 3 is 3.12 bits per heavy atom. The van der Waals surface area contributed by atoms with E-state index in [0.717, 1.165) is 20.8 Å². The molecular formula is C13H10ClIN2. The van der Waals surface area contributed by atoms with E-state index < -0.39 is 0 Å². The van der Waals surface area contributed by atoms with Gasteiger partial charge in [0.05, 0.1) is 5.69 Å². The molecule has 1 aliphatic carbocycles. The van der Waals surface area contributed by atoms with Gasteiger partial charge in [-0.15, -0.1) is 0 Å². The van der Waals surface area contributed by atoms with Crippen molar-refractivity contribution < 1.29 is 0 Å². The molecule has 1 aromatic carbocycles. The van der Waals surface area contributed by atoms with Crippen LogP contribution >= 0.6 is 34.2 Å². The van der Waals surface area contributed by atoms with E-state index in [1.54, 1.807) is 0 Å². The first-order chi connectivity index (χ1) is 8.22. The van der Waals surface area contributed by atoms with Gasteiger partial charge in [-0.05, 0) is 41.1 Å². The molecule has 2 bridgehead atoms. The Bertz CT molecular complexity index is 579. The van der Waals surface area contributed by atoms with Crippen molar-refractivity contribution in [3.05, 3.63) is 38.4 Å². The summed E-state index contributed by atoms with van der Waals surface area (Å²) in [7, 11) is 0. The molecule has 1 aromatic rings. The number of benzene rings is 1. The van der Waals surface area contributed by atoms with Crippen LogP contribution in [0.15, 0.2) is 29.3 Å². The average molecular weight is 357 g/mol. The molecule has 86 valence electrons. The fourth-order valence-corrected chi connectivity index (χ4v) is 4.04. The molecule has 1 fully saturated rings. The van der Waals surface area contributed by atoms with E-state index in [-0.39, 0.29) is 0 Å². The molecule has 2 aliphatic heterocycles. The van der Waals surface area contributed by atoms with Gasteiger partial charge < -0.3 is 4.90 Å². The number of hydrogen-bond acceptors (Lipinski definition) is 2. The third-order valence-corrected chi connectivity index (χ3v) is 4.75. The molecule has 2 nitrogen and oxygen atoms in total. The lowest BCUT2D eigenvalue weighted by Gasteiger charge is -2.32. The van der Waals surface area contributed by atoms with Crippen molar-refractivity contribution in [3.63, 3.8) is 0 Å². The quantitative estimate of drug-likeness (QED) is 0.511. The fraction of sp³-hybridized carbons (Fsp3) is 0.308. The van der Waals surface area contributed by atoms with Gasteiger partial charge in [0, 0.05) is 32.7 Å². The number of aliphatic imine (C=N–C) groups is 1. The van der Waals surface area contributed by atoms with Gasteiger partial charge in [-0.1, -0.05) is 23.8 Å². The first-order valence-corrected chi connectivity index (χ1v) is 7.19. The van der Waals surface area contributed by atoms with Crippen LogP contribution in [0.4, 0.5) is 5.69 Å². The second-order valence-electron chi connectivity index (χ2n) is 4.78. The van der Waals surface area contributed by atoms with Crippen molar-refractivity contribution in [2.75, 3.05) is 0 Å². The summed E-state index contributed by atoms with van der Waals surface area (Å²) in [5.74, 6) is 1.77. The van der Waals surface area contributed by atoms with E-state index in [9.17, 15) is 0 Å². The summed E-state index contributed by atoms with van der Waals surface area (Å²) in [6, 6.07) is 4.69. The molecule has 0 saturated carbocycles. The van der Waals surface area contributed by atoms with Gasteiger partial charge in [0.1, 0.15) is 5.84 Å². The molecule has 17 heavy (non-hydrogen) atoms. The van der Waals surface area contributed by atoms with Crippen LogP contribution in [0.2, 0.25) is 5.02 Å². The molecule has 0 N–H and O–H groups in total. The average Bonchev–Trinajstić information content (AvgIpc) is 2.87. The summed E-state index contributed by atoms with van der Waals surface area (Å²) in [6.45, 7) is 0.912. The Morgan fingerprint density at radius 2 is 2.24 bits per heavy atom. The number of amidine groups is 1. The lowest BCUT2D eigenvalue weighted by molar-refractivity contribution is 0.378. The van der Waals surface area contributed by atoms with Crippen LogP contribution in [0, 0.1) is 9.49 Å². The van der Waals surface area contributed by atoms with Gasteiger partial charge in [-0.3, -0.25) is 0 Å². The van der Waals surface area contributed by atoms with E-state index in [2.05, 4.69) is 45.7 Å². The van der Waals surface area contributed by atoms with E-state index >= 15 is 0 Å². The first kappa shape index (κ1) is 10.4. The summed E-state index contributed by atoms with van der Waals surface area (Å²) in [6.07, 6.45) is 5.79. The maximum Gasteiger partial charge on any atom is 0.113 e. The highest BCUT2D eigenvalue weighted by atomic mass is 127. The van der Waals surface area contributed by atoms with Gasteiger partial charge >= 0.3 is 0 Å². The Kier molecular flexibility index (Phi) is 2.12. The minimum Gasteiger partial charge on any atom is -0.349 e. The van der Waals surface area contributed by atoms with Crippen molar-refractivity contribution in [2.24, 2.45) is 10.9 Å². The number of nitrogens with zero attached hydrogens (tertiary/aromatic N) is 2. The predicted molar refractivity (Wildman–Crippen MR) is 77.8 cm³/mol. The van der Waals surface area contributed by atoms with Crippen molar-refractivity contribution in [1.82, 2.24) is 4.90 Å². The largest absolute Gasteiger partial charge is 0.349 e. The summed E-state index contributed by atoms with van der Waals surface area (Å²) in [5.41, 5.74) is 2.24. The second-order valence-corrected chi connectivity index (χ2v) is 6.43. The van der Waals surface area contributed by atoms with Crippen molar-refractivity contribution in [3.8, 4) is 0 Å². The number of rotatable bonds is 0. The molecule has 0 aromatic heterocycles. The fourth-order valence-electron chi connectivity index (χ4n) is 2.97. The van der Waals surface area contributed by atoms with E-state index in [1.807, 2.05) is 6.07 Å². The highest BCUT2D eigenvalue weighted by Crippen LogP contribution is 2.42. The molecule has 2 atom stereocenters. The number of fused-ring (bicyclic) bond motifs is 6. The number of halogens is 2. The standard InChI is InChI=1S/C13H10ClIN2/c14-11-4-8(15)5-12-10(11)6-17-9-2-1-7(3-9)13(17)16-12/h1-2,4-5,7,9H,3,6H2. The van der Waals surface area contributed by atoms with Crippen molar-refractivity contribution in [1.29, 1.82) is 0 Å². The zero-order valence-corrected chi connectivity index (χ0v) is 11.9. The van der Waals surface area contributed by atoms with Crippen molar-refractivity contribution in [2.45, 2.75) is 19.0 Å². The third kappa shape index (κ3) is 1.41. The smallest absolute Gasteiger partial charge is 0.113 e. The predicted octanol–water partition coefficient (Wildman–Crippen LogP) is 3.75.